The van der Waals surface area contributed by atoms with Crippen molar-refractivity contribution in [2.45, 2.75) is 18.9 Å². The Bertz CT molecular complexity index is 323. The van der Waals surface area contributed by atoms with Crippen LogP contribution in [0.3, 0.4) is 0 Å². The molecule has 1 nitrogen and oxygen atoms in total. The molecule has 0 aliphatic heterocycles. The molecule has 0 unspecified atom stereocenters. The fourth-order valence-electron chi connectivity index (χ4n) is 1.67. The van der Waals surface area contributed by atoms with Crippen LogP contribution in [0.4, 0.5) is 0 Å². The van der Waals surface area contributed by atoms with Crippen LogP contribution in [-0.2, 0) is 6.42 Å². The maximum Gasteiger partial charge on any atom is 0.0456 e. The number of fused-ring (bicyclic) bond motifs is 1. The molecule has 12 heavy (non-hydrogen) atoms. The highest BCUT2D eigenvalue weighted by Gasteiger charge is 2.21. The summed E-state index contributed by atoms with van der Waals surface area (Å²) < 4.78 is 0. The lowest BCUT2D eigenvalue weighted by atomic mass is 10.1. The van der Waals surface area contributed by atoms with Gasteiger partial charge in [0.1, 0.15) is 0 Å². The van der Waals surface area contributed by atoms with Crippen LogP contribution in [0.1, 0.15) is 23.6 Å². The summed E-state index contributed by atoms with van der Waals surface area (Å²) in [6.45, 7) is 0. The number of benzene rings is 1. The molecule has 0 radical (unpaired) electrons. The van der Waals surface area contributed by atoms with E-state index >= 15 is 0 Å². The molecule has 3 heteroatoms. The summed E-state index contributed by atoms with van der Waals surface area (Å²) in [6.07, 6.45) is 1.96. The van der Waals surface area contributed by atoms with Gasteiger partial charge in [-0.15, -0.1) is 0 Å². The molecule has 0 bridgehead atoms. The Kier molecular flexibility index (Phi) is 2.03. The topological polar surface area (TPSA) is 26.0 Å². The van der Waals surface area contributed by atoms with Crippen molar-refractivity contribution in [2.75, 3.05) is 0 Å². The number of hydrogen-bond acceptors (Lipinski definition) is 1. The molecule has 2 rings (SSSR count). The average Bonchev–Trinajstić information content (AvgIpc) is 2.33. The molecule has 0 amide bonds. The smallest absolute Gasteiger partial charge is 0.0456 e. The van der Waals surface area contributed by atoms with Crippen molar-refractivity contribution in [3.63, 3.8) is 0 Å². The van der Waals surface area contributed by atoms with Gasteiger partial charge in [-0.1, -0.05) is 23.2 Å². The molecule has 0 saturated carbocycles. The lowest BCUT2D eigenvalue weighted by Gasteiger charge is -2.05. The second-order valence-corrected chi connectivity index (χ2v) is 3.94. The molecule has 0 spiro atoms. The lowest BCUT2D eigenvalue weighted by molar-refractivity contribution is 0.713. The van der Waals surface area contributed by atoms with Gasteiger partial charge in [-0.05, 0) is 36.1 Å². The molecule has 1 aromatic carbocycles. The summed E-state index contributed by atoms with van der Waals surface area (Å²) in [6, 6.07) is 3.82. The van der Waals surface area contributed by atoms with Gasteiger partial charge >= 0.3 is 0 Å². The molecular formula is C9H9Cl2N. The summed E-state index contributed by atoms with van der Waals surface area (Å²) in [7, 11) is 0. The van der Waals surface area contributed by atoms with Gasteiger partial charge in [-0.2, -0.15) is 0 Å². The zero-order chi connectivity index (χ0) is 8.72. The highest BCUT2D eigenvalue weighted by molar-refractivity contribution is 6.35. The second-order valence-electron chi connectivity index (χ2n) is 3.10. The monoisotopic (exact) mass is 201 g/mol. The molecule has 0 saturated heterocycles. The fraction of sp³-hybridized carbons (Fsp3) is 0.333. The Morgan fingerprint density at radius 2 is 2.08 bits per heavy atom. The molecule has 1 aliphatic rings. The van der Waals surface area contributed by atoms with Gasteiger partial charge in [0.15, 0.2) is 0 Å². The summed E-state index contributed by atoms with van der Waals surface area (Å²) in [5.41, 5.74) is 8.16. The molecule has 1 aliphatic carbocycles. The predicted molar refractivity (Wildman–Crippen MR) is 51.7 cm³/mol. The normalized spacial score (nSPS) is 21.1. The van der Waals surface area contributed by atoms with Gasteiger partial charge in [0.05, 0.1) is 0 Å². The Morgan fingerprint density at radius 3 is 2.83 bits per heavy atom. The van der Waals surface area contributed by atoms with Gasteiger partial charge < -0.3 is 5.73 Å². The first kappa shape index (κ1) is 8.36. The average molecular weight is 202 g/mol. The summed E-state index contributed by atoms with van der Waals surface area (Å²) in [5, 5.41) is 1.43. The Labute approximate surface area is 81.5 Å². The van der Waals surface area contributed by atoms with Crippen molar-refractivity contribution in [1.29, 1.82) is 0 Å². The van der Waals surface area contributed by atoms with Gasteiger partial charge in [0, 0.05) is 16.1 Å². The van der Waals surface area contributed by atoms with Crippen LogP contribution >= 0.6 is 23.2 Å². The maximum absolute atomic E-state index is 6.00. The fourth-order valence-corrected chi connectivity index (χ4v) is 2.28. The summed E-state index contributed by atoms with van der Waals surface area (Å²) >= 11 is 11.9. The van der Waals surface area contributed by atoms with E-state index in [-0.39, 0.29) is 6.04 Å². The van der Waals surface area contributed by atoms with Crippen LogP contribution in [0.2, 0.25) is 10.0 Å². The van der Waals surface area contributed by atoms with Crippen molar-refractivity contribution in [3.05, 3.63) is 33.3 Å². The molecule has 1 atom stereocenters. The Hall–Kier alpha value is -0.240. The molecule has 2 N–H and O–H groups in total. The molecule has 64 valence electrons. The van der Waals surface area contributed by atoms with E-state index in [9.17, 15) is 0 Å². The predicted octanol–water partition coefficient (Wildman–Crippen LogP) is 2.94. The van der Waals surface area contributed by atoms with E-state index in [4.69, 9.17) is 28.9 Å². The van der Waals surface area contributed by atoms with Crippen LogP contribution in [0.5, 0.6) is 0 Å². The van der Waals surface area contributed by atoms with E-state index in [2.05, 4.69) is 0 Å². The molecule has 0 heterocycles. The van der Waals surface area contributed by atoms with Gasteiger partial charge in [-0.25, -0.2) is 0 Å². The van der Waals surface area contributed by atoms with E-state index in [1.807, 2.05) is 6.07 Å². The first-order valence-corrected chi connectivity index (χ1v) is 4.67. The minimum atomic E-state index is 0.121. The third kappa shape index (κ3) is 1.22. The number of hydrogen-bond donors (Lipinski definition) is 1. The maximum atomic E-state index is 6.00. The van der Waals surface area contributed by atoms with Crippen molar-refractivity contribution >= 4 is 23.2 Å². The van der Waals surface area contributed by atoms with E-state index in [0.29, 0.717) is 5.02 Å². The highest BCUT2D eigenvalue weighted by atomic mass is 35.5. The van der Waals surface area contributed by atoms with Gasteiger partial charge in [-0.3, -0.25) is 0 Å². The van der Waals surface area contributed by atoms with Crippen LogP contribution < -0.4 is 5.73 Å². The van der Waals surface area contributed by atoms with Crippen molar-refractivity contribution < 1.29 is 0 Å². The first-order chi connectivity index (χ1) is 5.68. The third-order valence-corrected chi connectivity index (χ3v) is 2.86. The van der Waals surface area contributed by atoms with Crippen LogP contribution in [0.15, 0.2) is 12.1 Å². The van der Waals surface area contributed by atoms with Crippen molar-refractivity contribution in [2.24, 2.45) is 5.73 Å². The standard InChI is InChI=1S/C9H9Cl2N/c10-5-3-7-6(8(11)4-5)1-2-9(7)12/h3-4,9H,1-2,12H2/t9-/m1/s1. The van der Waals surface area contributed by atoms with Crippen LogP contribution in [0, 0.1) is 0 Å². The van der Waals surface area contributed by atoms with E-state index in [1.165, 1.54) is 5.56 Å². The molecular weight excluding hydrogens is 193 g/mol. The van der Waals surface area contributed by atoms with E-state index in [0.717, 1.165) is 23.4 Å². The number of nitrogens with two attached hydrogens (primary N) is 1. The van der Waals surface area contributed by atoms with Gasteiger partial charge in [0.2, 0.25) is 0 Å². The minimum absolute atomic E-state index is 0.121. The number of rotatable bonds is 0. The largest absolute Gasteiger partial charge is 0.324 e. The molecule has 0 fully saturated rings. The number of halogens is 2. The second kappa shape index (κ2) is 2.91. The molecule has 0 aromatic heterocycles. The Balaban J connectivity index is 2.60. The van der Waals surface area contributed by atoms with Crippen LogP contribution in [-0.4, -0.2) is 0 Å². The third-order valence-electron chi connectivity index (χ3n) is 2.30. The summed E-state index contributed by atoms with van der Waals surface area (Å²) in [5.74, 6) is 0. The van der Waals surface area contributed by atoms with Crippen molar-refractivity contribution in [1.82, 2.24) is 0 Å². The van der Waals surface area contributed by atoms with Crippen molar-refractivity contribution in [3.8, 4) is 0 Å². The molecule has 1 aromatic rings. The zero-order valence-corrected chi connectivity index (χ0v) is 7.99. The highest BCUT2D eigenvalue weighted by Crippen LogP contribution is 2.36. The SMILES string of the molecule is N[C@@H]1CCc2c(Cl)cc(Cl)cc21. The lowest BCUT2D eigenvalue weighted by Crippen LogP contribution is -2.04. The first-order valence-electron chi connectivity index (χ1n) is 3.92. The Morgan fingerprint density at radius 1 is 1.33 bits per heavy atom. The van der Waals surface area contributed by atoms with E-state index < -0.39 is 0 Å². The van der Waals surface area contributed by atoms with E-state index in [1.54, 1.807) is 6.07 Å². The zero-order valence-electron chi connectivity index (χ0n) is 6.48. The van der Waals surface area contributed by atoms with Gasteiger partial charge in [0.25, 0.3) is 0 Å². The summed E-state index contributed by atoms with van der Waals surface area (Å²) in [4.78, 5) is 0. The quantitative estimate of drug-likeness (QED) is 0.687. The minimum Gasteiger partial charge on any atom is -0.324 e. The van der Waals surface area contributed by atoms with Crippen LogP contribution in [0.25, 0.3) is 0 Å².